The molecule has 0 aromatic heterocycles. The van der Waals surface area contributed by atoms with E-state index in [2.05, 4.69) is 20.4 Å². The van der Waals surface area contributed by atoms with E-state index in [1.807, 2.05) is 20.8 Å². The maximum Gasteiger partial charge on any atom is 0.151 e. The summed E-state index contributed by atoms with van der Waals surface area (Å²) in [6.45, 7) is 13.7. The van der Waals surface area contributed by atoms with E-state index in [4.69, 9.17) is 10.8 Å². The first kappa shape index (κ1) is 21.7. The standard InChI is InChI=1S/C19H22N2O2.C3H8/c1-10(2)5-14-8-16(22)18(19(14)23)17-11(3)6-13(7-12(17)4)15(21)9-20;1-3-2/h6-7,9,14,18,20-21H,1,5,8H2,2-4H3;3H2,1-2H3. The zero-order valence-electron chi connectivity index (χ0n) is 16.5. The molecule has 0 radical (unpaired) electrons. The van der Waals surface area contributed by atoms with E-state index in [1.54, 1.807) is 12.1 Å². The number of benzene rings is 1. The summed E-state index contributed by atoms with van der Waals surface area (Å²) in [5, 5.41) is 15.0. The van der Waals surface area contributed by atoms with Gasteiger partial charge >= 0.3 is 0 Å². The van der Waals surface area contributed by atoms with E-state index in [9.17, 15) is 9.59 Å². The minimum absolute atomic E-state index is 0.0147. The van der Waals surface area contributed by atoms with Crippen molar-refractivity contribution in [3.8, 4) is 0 Å². The molecular formula is C22H30N2O2. The fourth-order valence-electron chi connectivity index (χ4n) is 3.42. The predicted molar refractivity (Wildman–Crippen MR) is 108 cm³/mol. The third-order valence-corrected chi connectivity index (χ3v) is 4.39. The summed E-state index contributed by atoms with van der Waals surface area (Å²) in [4.78, 5) is 25.1. The SMILES string of the molecule is C=C(C)CC1CC(=O)C(c2c(C)cc(C(=N)C=N)cc2C)C1=O.CCC. The molecule has 26 heavy (non-hydrogen) atoms. The maximum absolute atomic E-state index is 12.7. The van der Waals surface area contributed by atoms with E-state index in [0.717, 1.165) is 28.5 Å². The Bertz CT molecular complexity index is 724. The summed E-state index contributed by atoms with van der Waals surface area (Å²) in [7, 11) is 0. The molecule has 1 aliphatic carbocycles. The Labute approximate surface area is 156 Å². The second kappa shape index (κ2) is 9.37. The molecule has 1 aliphatic rings. The van der Waals surface area contributed by atoms with Gasteiger partial charge in [0, 0.05) is 24.1 Å². The van der Waals surface area contributed by atoms with Crippen LogP contribution in [-0.2, 0) is 9.59 Å². The Morgan fingerprint density at radius 2 is 1.73 bits per heavy atom. The largest absolute Gasteiger partial charge is 0.307 e. The van der Waals surface area contributed by atoms with Gasteiger partial charge in [-0.25, -0.2) is 0 Å². The van der Waals surface area contributed by atoms with Crippen molar-refractivity contribution in [2.75, 3.05) is 0 Å². The fourth-order valence-corrected chi connectivity index (χ4v) is 3.42. The minimum atomic E-state index is -0.692. The number of hydrogen-bond donors (Lipinski definition) is 2. The molecule has 1 fully saturated rings. The number of hydrogen-bond acceptors (Lipinski definition) is 4. The second-order valence-electron chi connectivity index (χ2n) is 7.15. The molecule has 0 saturated heterocycles. The van der Waals surface area contributed by atoms with Crippen LogP contribution in [0.1, 0.15) is 68.2 Å². The summed E-state index contributed by atoms with van der Waals surface area (Å²) in [6.07, 6.45) is 3.09. The van der Waals surface area contributed by atoms with Crippen molar-refractivity contribution >= 4 is 23.5 Å². The monoisotopic (exact) mass is 354 g/mol. The van der Waals surface area contributed by atoms with Crippen LogP contribution in [0.3, 0.4) is 0 Å². The zero-order valence-corrected chi connectivity index (χ0v) is 16.5. The van der Waals surface area contributed by atoms with Gasteiger partial charge in [0.15, 0.2) is 5.78 Å². The molecule has 2 unspecified atom stereocenters. The molecule has 0 heterocycles. The van der Waals surface area contributed by atoms with E-state index >= 15 is 0 Å². The molecule has 1 saturated carbocycles. The predicted octanol–water partition coefficient (Wildman–Crippen LogP) is 4.95. The minimum Gasteiger partial charge on any atom is -0.307 e. The molecular weight excluding hydrogens is 324 g/mol. The molecule has 2 rings (SSSR count). The lowest BCUT2D eigenvalue weighted by molar-refractivity contribution is -0.124. The first-order chi connectivity index (χ1) is 12.2. The van der Waals surface area contributed by atoms with Crippen molar-refractivity contribution in [2.24, 2.45) is 5.92 Å². The van der Waals surface area contributed by atoms with Crippen LogP contribution in [0.15, 0.2) is 24.3 Å². The van der Waals surface area contributed by atoms with Gasteiger partial charge in [-0.15, -0.1) is 6.58 Å². The molecule has 2 atom stereocenters. The van der Waals surface area contributed by atoms with Gasteiger partial charge in [0.1, 0.15) is 11.7 Å². The highest BCUT2D eigenvalue weighted by molar-refractivity contribution is 6.35. The van der Waals surface area contributed by atoms with Gasteiger partial charge < -0.3 is 5.41 Å². The van der Waals surface area contributed by atoms with E-state index in [0.29, 0.717) is 12.0 Å². The molecule has 1 aromatic carbocycles. The van der Waals surface area contributed by atoms with Gasteiger partial charge in [-0.1, -0.05) is 25.8 Å². The van der Waals surface area contributed by atoms with Crippen LogP contribution in [0.5, 0.6) is 0 Å². The van der Waals surface area contributed by atoms with E-state index in [1.165, 1.54) is 6.42 Å². The Kier molecular flexibility index (Phi) is 7.81. The molecule has 140 valence electrons. The lowest BCUT2D eigenvalue weighted by Gasteiger charge is -2.17. The number of allylic oxidation sites excluding steroid dienone is 1. The van der Waals surface area contributed by atoms with Gasteiger partial charge in [-0.05, 0) is 56.0 Å². The average Bonchev–Trinajstić information content (AvgIpc) is 2.81. The molecule has 4 nitrogen and oxygen atoms in total. The number of ketones is 2. The zero-order chi connectivity index (χ0) is 20.0. The van der Waals surface area contributed by atoms with E-state index < -0.39 is 5.92 Å². The number of rotatable bonds is 5. The van der Waals surface area contributed by atoms with Crippen LogP contribution in [0.25, 0.3) is 0 Å². The van der Waals surface area contributed by atoms with Crippen molar-refractivity contribution in [3.05, 3.63) is 46.5 Å². The van der Waals surface area contributed by atoms with Crippen LogP contribution >= 0.6 is 0 Å². The van der Waals surface area contributed by atoms with Crippen LogP contribution < -0.4 is 0 Å². The lowest BCUT2D eigenvalue weighted by atomic mass is 9.85. The van der Waals surface area contributed by atoms with Crippen LogP contribution in [0, 0.1) is 30.6 Å². The van der Waals surface area contributed by atoms with Gasteiger partial charge in [0.2, 0.25) is 0 Å². The lowest BCUT2D eigenvalue weighted by Crippen LogP contribution is -2.18. The number of carbonyl (C=O) groups excluding carboxylic acids is 2. The van der Waals surface area contributed by atoms with Gasteiger partial charge in [0.05, 0.1) is 5.71 Å². The Hall–Kier alpha value is -2.36. The number of carbonyl (C=O) groups is 2. The molecule has 0 bridgehead atoms. The summed E-state index contributed by atoms with van der Waals surface area (Å²) >= 11 is 0. The molecule has 2 N–H and O–H groups in total. The van der Waals surface area contributed by atoms with Gasteiger partial charge in [-0.2, -0.15) is 0 Å². The molecule has 4 heteroatoms. The summed E-state index contributed by atoms with van der Waals surface area (Å²) in [5.74, 6) is -0.993. The van der Waals surface area contributed by atoms with Crippen molar-refractivity contribution in [3.63, 3.8) is 0 Å². The van der Waals surface area contributed by atoms with Crippen molar-refractivity contribution in [2.45, 2.75) is 59.8 Å². The van der Waals surface area contributed by atoms with Crippen LogP contribution in [0.2, 0.25) is 0 Å². The van der Waals surface area contributed by atoms with Crippen molar-refractivity contribution in [1.29, 1.82) is 10.8 Å². The number of Topliss-reactive ketones (excluding diaryl/α,β-unsaturated/α-hetero) is 2. The van der Waals surface area contributed by atoms with Gasteiger partial charge in [0.25, 0.3) is 0 Å². The molecule has 1 aromatic rings. The summed E-state index contributed by atoms with van der Waals surface area (Å²) < 4.78 is 0. The topological polar surface area (TPSA) is 81.8 Å². The van der Waals surface area contributed by atoms with Crippen LogP contribution in [-0.4, -0.2) is 23.5 Å². The normalized spacial score (nSPS) is 19.0. The third kappa shape index (κ3) is 4.84. The first-order valence-electron chi connectivity index (χ1n) is 9.09. The summed E-state index contributed by atoms with van der Waals surface area (Å²) in [5.41, 5.74) is 4.09. The van der Waals surface area contributed by atoms with Crippen molar-refractivity contribution < 1.29 is 9.59 Å². The van der Waals surface area contributed by atoms with Crippen molar-refractivity contribution in [1.82, 2.24) is 0 Å². The maximum atomic E-state index is 12.7. The number of nitrogens with one attached hydrogen (secondary N) is 2. The third-order valence-electron chi connectivity index (χ3n) is 4.39. The highest BCUT2D eigenvalue weighted by atomic mass is 16.2. The Morgan fingerprint density at radius 1 is 1.23 bits per heavy atom. The molecule has 0 aliphatic heterocycles. The highest BCUT2D eigenvalue weighted by Crippen LogP contribution is 2.38. The smallest absolute Gasteiger partial charge is 0.151 e. The average molecular weight is 354 g/mol. The summed E-state index contributed by atoms with van der Waals surface area (Å²) in [6, 6.07) is 3.56. The van der Waals surface area contributed by atoms with Crippen LogP contribution in [0.4, 0.5) is 0 Å². The number of aryl methyl sites for hydroxylation is 2. The Morgan fingerprint density at radius 3 is 2.15 bits per heavy atom. The first-order valence-corrected chi connectivity index (χ1v) is 9.09. The highest BCUT2D eigenvalue weighted by Gasteiger charge is 2.42. The fraction of sp³-hybridized carbons (Fsp3) is 0.455. The Balaban J connectivity index is 0.00000105. The van der Waals surface area contributed by atoms with E-state index in [-0.39, 0.29) is 29.6 Å². The molecule has 0 spiro atoms. The van der Waals surface area contributed by atoms with Gasteiger partial charge in [-0.3, -0.25) is 15.0 Å². The quantitative estimate of drug-likeness (QED) is 0.446. The second-order valence-corrected chi connectivity index (χ2v) is 7.15. The molecule has 0 amide bonds.